The summed E-state index contributed by atoms with van der Waals surface area (Å²) in [6.07, 6.45) is 2.24. The summed E-state index contributed by atoms with van der Waals surface area (Å²) in [5, 5.41) is 12.4. The van der Waals surface area contributed by atoms with E-state index in [1.165, 1.54) is 0 Å². The highest BCUT2D eigenvalue weighted by molar-refractivity contribution is 4.93. The number of aryl methyl sites for hydroxylation is 1. The Hall–Kier alpha value is -0.870. The molecule has 4 nitrogen and oxygen atoms in total. The fourth-order valence-electron chi connectivity index (χ4n) is 1.01. The van der Waals surface area contributed by atoms with E-state index in [0.717, 1.165) is 12.2 Å². The van der Waals surface area contributed by atoms with Crippen LogP contribution in [-0.2, 0) is 13.0 Å². The molecule has 80 valence electrons. The summed E-state index contributed by atoms with van der Waals surface area (Å²) in [6, 6.07) is 0.0481. The summed E-state index contributed by atoms with van der Waals surface area (Å²) in [5.41, 5.74) is 0. The molecule has 1 heterocycles. The Morgan fingerprint density at radius 1 is 1.57 bits per heavy atom. The van der Waals surface area contributed by atoms with Gasteiger partial charge in [0, 0.05) is 12.5 Å². The molecule has 0 aliphatic carbocycles. The molecule has 2 N–H and O–H groups in total. The smallest absolute Gasteiger partial charge is 0.208 e. The van der Waals surface area contributed by atoms with Crippen LogP contribution < -0.4 is 5.32 Å². The predicted octanol–water partition coefficient (Wildman–Crippen LogP) is 1.10. The Morgan fingerprint density at radius 3 is 2.79 bits per heavy atom. The molecular formula is C10H18N2O2. The van der Waals surface area contributed by atoms with Gasteiger partial charge in [0.05, 0.1) is 18.8 Å². The molecule has 0 aliphatic heterocycles. The first-order valence-electron chi connectivity index (χ1n) is 4.98. The first-order valence-corrected chi connectivity index (χ1v) is 4.98. The number of aliphatic hydroxyl groups is 1. The van der Waals surface area contributed by atoms with Gasteiger partial charge in [0.2, 0.25) is 5.89 Å². The van der Waals surface area contributed by atoms with Gasteiger partial charge in [-0.15, -0.1) is 0 Å². The summed E-state index contributed by atoms with van der Waals surface area (Å²) < 4.78 is 5.41. The molecule has 14 heavy (non-hydrogen) atoms. The van der Waals surface area contributed by atoms with Gasteiger partial charge in [0.15, 0.2) is 0 Å². The highest BCUT2D eigenvalue weighted by Crippen LogP contribution is 2.04. The molecule has 0 amide bonds. The number of rotatable bonds is 5. The number of nitrogens with zero attached hydrogens (tertiary/aromatic N) is 1. The van der Waals surface area contributed by atoms with Crippen LogP contribution in [0.1, 0.15) is 32.4 Å². The van der Waals surface area contributed by atoms with Crippen LogP contribution in [0, 0.1) is 0 Å². The van der Waals surface area contributed by atoms with E-state index in [9.17, 15) is 5.11 Å². The Bertz CT molecular complexity index is 271. The second-order valence-corrected chi connectivity index (χ2v) is 3.48. The van der Waals surface area contributed by atoms with Gasteiger partial charge in [0.1, 0.15) is 5.76 Å². The second-order valence-electron chi connectivity index (χ2n) is 3.48. The van der Waals surface area contributed by atoms with Crippen molar-refractivity contribution in [2.75, 3.05) is 0 Å². The maximum absolute atomic E-state index is 9.24. The third-order valence-electron chi connectivity index (χ3n) is 2.25. The predicted molar refractivity (Wildman–Crippen MR) is 53.9 cm³/mol. The van der Waals surface area contributed by atoms with Gasteiger partial charge in [-0.1, -0.05) is 6.92 Å². The molecule has 1 rings (SSSR count). The van der Waals surface area contributed by atoms with E-state index in [-0.39, 0.29) is 12.1 Å². The van der Waals surface area contributed by atoms with Crippen molar-refractivity contribution in [3.63, 3.8) is 0 Å². The van der Waals surface area contributed by atoms with Crippen molar-refractivity contribution in [1.82, 2.24) is 10.3 Å². The van der Waals surface area contributed by atoms with Crippen LogP contribution in [-0.4, -0.2) is 22.2 Å². The monoisotopic (exact) mass is 198 g/mol. The molecule has 2 unspecified atom stereocenters. The zero-order valence-electron chi connectivity index (χ0n) is 8.95. The van der Waals surface area contributed by atoms with Crippen LogP contribution in [0.3, 0.4) is 0 Å². The van der Waals surface area contributed by atoms with Crippen LogP contribution in [0.15, 0.2) is 10.6 Å². The summed E-state index contributed by atoms with van der Waals surface area (Å²) in [4.78, 5) is 4.11. The second kappa shape index (κ2) is 5.12. The molecule has 2 atom stereocenters. The van der Waals surface area contributed by atoms with Crippen LogP contribution in [0.4, 0.5) is 0 Å². The van der Waals surface area contributed by atoms with Gasteiger partial charge in [-0.25, -0.2) is 4.98 Å². The summed E-state index contributed by atoms with van der Waals surface area (Å²) in [6.45, 7) is 6.27. The molecule has 0 saturated heterocycles. The van der Waals surface area contributed by atoms with E-state index >= 15 is 0 Å². The van der Waals surface area contributed by atoms with E-state index in [4.69, 9.17) is 4.42 Å². The molecule has 1 aromatic rings. The SMILES string of the molecule is CCc1cnc(CNC(C)C(C)O)o1. The van der Waals surface area contributed by atoms with Gasteiger partial charge in [-0.2, -0.15) is 0 Å². The summed E-state index contributed by atoms with van der Waals surface area (Å²) in [7, 11) is 0. The minimum atomic E-state index is -0.365. The lowest BCUT2D eigenvalue weighted by Gasteiger charge is -2.14. The normalized spacial score (nSPS) is 15.4. The minimum Gasteiger partial charge on any atom is -0.444 e. The standard InChI is InChI=1S/C10H18N2O2/c1-4-9-5-12-10(14-9)6-11-7(2)8(3)13/h5,7-8,11,13H,4,6H2,1-3H3. The van der Waals surface area contributed by atoms with Crippen LogP contribution in [0.2, 0.25) is 0 Å². The van der Waals surface area contributed by atoms with Crippen molar-refractivity contribution >= 4 is 0 Å². The van der Waals surface area contributed by atoms with Crippen molar-refractivity contribution < 1.29 is 9.52 Å². The van der Waals surface area contributed by atoms with Crippen molar-refractivity contribution in [2.45, 2.75) is 45.9 Å². The number of oxazole rings is 1. The van der Waals surface area contributed by atoms with Crippen molar-refractivity contribution in [3.05, 3.63) is 17.8 Å². The maximum atomic E-state index is 9.24. The zero-order chi connectivity index (χ0) is 10.6. The van der Waals surface area contributed by atoms with Gasteiger partial charge in [-0.05, 0) is 13.8 Å². The minimum absolute atomic E-state index is 0.0481. The molecule has 1 aromatic heterocycles. The van der Waals surface area contributed by atoms with E-state index in [0.29, 0.717) is 12.4 Å². The number of aliphatic hydroxyl groups excluding tert-OH is 1. The van der Waals surface area contributed by atoms with Crippen LogP contribution in [0.25, 0.3) is 0 Å². The van der Waals surface area contributed by atoms with Crippen molar-refractivity contribution in [1.29, 1.82) is 0 Å². The topological polar surface area (TPSA) is 58.3 Å². The Labute approximate surface area is 84.3 Å². The molecule has 4 heteroatoms. The molecule has 0 saturated carbocycles. The number of nitrogens with one attached hydrogen (secondary N) is 1. The average molecular weight is 198 g/mol. The summed E-state index contributed by atoms with van der Waals surface area (Å²) in [5.74, 6) is 1.57. The molecule has 0 radical (unpaired) electrons. The lowest BCUT2D eigenvalue weighted by Crippen LogP contribution is -2.34. The average Bonchev–Trinajstić information content (AvgIpc) is 2.61. The first-order chi connectivity index (χ1) is 6.63. The molecule has 0 bridgehead atoms. The molecule has 0 fully saturated rings. The zero-order valence-corrected chi connectivity index (χ0v) is 8.95. The van der Waals surface area contributed by atoms with Crippen LogP contribution in [0.5, 0.6) is 0 Å². The number of hydrogen-bond donors (Lipinski definition) is 2. The van der Waals surface area contributed by atoms with Crippen molar-refractivity contribution in [2.24, 2.45) is 0 Å². The van der Waals surface area contributed by atoms with Gasteiger partial charge < -0.3 is 14.8 Å². The van der Waals surface area contributed by atoms with Crippen LogP contribution >= 0.6 is 0 Å². The lowest BCUT2D eigenvalue weighted by molar-refractivity contribution is 0.150. The summed E-state index contributed by atoms with van der Waals surface area (Å²) >= 11 is 0. The molecule has 0 aromatic carbocycles. The Balaban J connectivity index is 2.37. The molecule has 0 spiro atoms. The van der Waals surface area contributed by atoms with E-state index < -0.39 is 0 Å². The molecule has 0 aliphatic rings. The fraction of sp³-hybridized carbons (Fsp3) is 0.700. The lowest BCUT2D eigenvalue weighted by atomic mass is 10.2. The largest absolute Gasteiger partial charge is 0.444 e. The van der Waals surface area contributed by atoms with E-state index in [2.05, 4.69) is 10.3 Å². The van der Waals surface area contributed by atoms with Gasteiger partial charge in [0.25, 0.3) is 0 Å². The first kappa shape index (κ1) is 11.2. The van der Waals surface area contributed by atoms with Gasteiger partial charge in [-0.3, -0.25) is 0 Å². The highest BCUT2D eigenvalue weighted by Gasteiger charge is 2.09. The highest BCUT2D eigenvalue weighted by atomic mass is 16.4. The molecular weight excluding hydrogens is 180 g/mol. The van der Waals surface area contributed by atoms with E-state index in [1.807, 2.05) is 13.8 Å². The Morgan fingerprint density at radius 2 is 2.29 bits per heavy atom. The van der Waals surface area contributed by atoms with Gasteiger partial charge >= 0.3 is 0 Å². The van der Waals surface area contributed by atoms with E-state index in [1.54, 1.807) is 13.1 Å². The Kier molecular flexibility index (Phi) is 4.10. The van der Waals surface area contributed by atoms with Crippen molar-refractivity contribution in [3.8, 4) is 0 Å². The number of hydrogen-bond acceptors (Lipinski definition) is 4. The quantitative estimate of drug-likeness (QED) is 0.743. The fourth-order valence-corrected chi connectivity index (χ4v) is 1.01. The third kappa shape index (κ3) is 3.12. The number of aromatic nitrogens is 1. The maximum Gasteiger partial charge on any atom is 0.208 e. The third-order valence-corrected chi connectivity index (χ3v) is 2.25.